The van der Waals surface area contributed by atoms with E-state index in [2.05, 4.69) is 22.5 Å². The Morgan fingerprint density at radius 2 is 2.07 bits per heavy atom. The van der Waals surface area contributed by atoms with Crippen molar-refractivity contribution in [2.24, 2.45) is 10.9 Å². The zero-order valence-corrected chi connectivity index (χ0v) is 18.8. The molecule has 5 nitrogen and oxygen atoms in total. The Labute approximate surface area is 181 Å². The lowest BCUT2D eigenvalue weighted by molar-refractivity contribution is 0.275. The number of guanidine groups is 1. The van der Waals surface area contributed by atoms with Crippen LogP contribution in [-0.4, -0.2) is 54.7 Å². The van der Waals surface area contributed by atoms with Gasteiger partial charge in [0.15, 0.2) is 5.96 Å². The first-order chi connectivity index (χ1) is 12.7. The summed E-state index contributed by atoms with van der Waals surface area (Å²) in [7, 11) is 0. The summed E-state index contributed by atoms with van der Waals surface area (Å²) in [5, 5.41) is 16.5. The van der Waals surface area contributed by atoms with Gasteiger partial charge >= 0.3 is 0 Å². The molecular formula is C21H35IN4O. The minimum Gasteiger partial charge on any atom is -0.508 e. The first-order valence-corrected chi connectivity index (χ1v) is 10.3. The fourth-order valence-electron chi connectivity index (χ4n) is 4.20. The summed E-state index contributed by atoms with van der Waals surface area (Å²) in [4.78, 5) is 7.35. The van der Waals surface area contributed by atoms with Crippen molar-refractivity contribution in [2.45, 2.75) is 51.5 Å². The third-order valence-electron chi connectivity index (χ3n) is 5.53. The third-order valence-corrected chi connectivity index (χ3v) is 5.53. The van der Waals surface area contributed by atoms with Gasteiger partial charge in [-0.2, -0.15) is 0 Å². The van der Waals surface area contributed by atoms with Crippen LogP contribution in [0.4, 0.5) is 0 Å². The number of rotatable bonds is 7. The Bertz CT molecular complexity index is 589. The molecule has 0 amide bonds. The standard InChI is InChI=1S/C21H34N4O.HI/c1-2-22-21(23-12-10-17-8-5-9-20(26)14-17)24-19-11-13-25(16-19)15-18-6-3-4-7-18;/h5,8-9,14,18-19,26H,2-4,6-7,10-13,15-16H2,1H3,(H2,22,23,24);1H. The smallest absolute Gasteiger partial charge is 0.191 e. The van der Waals surface area contributed by atoms with Crippen LogP contribution in [0.1, 0.15) is 44.6 Å². The maximum atomic E-state index is 9.56. The maximum Gasteiger partial charge on any atom is 0.191 e. The van der Waals surface area contributed by atoms with Gasteiger partial charge in [0.25, 0.3) is 0 Å². The zero-order valence-electron chi connectivity index (χ0n) is 16.5. The monoisotopic (exact) mass is 486 g/mol. The average Bonchev–Trinajstić information content (AvgIpc) is 3.28. The molecule has 1 saturated carbocycles. The van der Waals surface area contributed by atoms with Crippen LogP contribution in [0.25, 0.3) is 0 Å². The van der Waals surface area contributed by atoms with E-state index in [0.29, 0.717) is 11.8 Å². The van der Waals surface area contributed by atoms with Crippen molar-refractivity contribution in [3.8, 4) is 5.75 Å². The van der Waals surface area contributed by atoms with Crippen molar-refractivity contribution in [1.82, 2.24) is 15.5 Å². The highest BCUT2D eigenvalue weighted by Gasteiger charge is 2.26. The van der Waals surface area contributed by atoms with Gasteiger partial charge < -0.3 is 20.6 Å². The van der Waals surface area contributed by atoms with Crippen LogP contribution < -0.4 is 10.6 Å². The van der Waals surface area contributed by atoms with Crippen molar-refractivity contribution in [2.75, 3.05) is 32.7 Å². The van der Waals surface area contributed by atoms with Crippen LogP contribution in [0, 0.1) is 5.92 Å². The van der Waals surface area contributed by atoms with Gasteiger partial charge in [0, 0.05) is 38.8 Å². The lowest BCUT2D eigenvalue weighted by Crippen LogP contribution is -2.45. The molecule has 0 radical (unpaired) electrons. The van der Waals surface area contributed by atoms with Gasteiger partial charge in [-0.25, -0.2) is 0 Å². The Morgan fingerprint density at radius 3 is 2.81 bits per heavy atom. The molecule has 1 saturated heterocycles. The summed E-state index contributed by atoms with van der Waals surface area (Å²) in [6, 6.07) is 7.93. The Morgan fingerprint density at radius 1 is 1.26 bits per heavy atom. The van der Waals surface area contributed by atoms with Gasteiger partial charge in [0.1, 0.15) is 5.75 Å². The lowest BCUT2D eigenvalue weighted by atomic mass is 10.1. The molecule has 2 aliphatic rings. The summed E-state index contributed by atoms with van der Waals surface area (Å²) >= 11 is 0. The number of nitrogens with one attached hydrogen (secondary N) is 2. The summed E-state index contributed by atoms with van der Waals surface area (Å²) in [6.45, 7) is 7.31. The second kappa shape index (κ2) is 11.7. The molecule has 27 heavy (non-hydrogen) atoms. The van der Waals surface area contributed by atoms with Crippen LogP contribution in [0.2, 0.25) is 0 Å². The molecule has 2 fully saturated rings. The number of hydrogen-bond donors (Lipinski definition) is 3. The Hall–Kier alpha value is -1.02. The number of phenols is 1. The van der Waals surface area contributed by atoms with E-state index in [-0.39, 0.29) is 24.0 Å². The van der Waals surface area contributed by atoms with E-state index in [9.17, 15) is 5.11 Å². The number of aliphatic imine (C=N–C) groups is 1. The minimum absolute atomic E-state index is 0. The van der Waals surface area contributed by atoms with Gasteiger partial charge in [-0.3, -0.25) is 4.99 Å². The quantitative estimate of drug-likeness (QED) is 0.314. The van der Waals surface area contributed by atoms with E-state index in [1.165, 1.54) is 45.2 Å². The first-order valence-electron chi connectivity index (χ1n) is 10.3. The Balaban J connectivity index is 0.00000261. The van der Waals surface area contributed by atoms with E-state index in [4.69, 9.17) is 4.99 Å². The molecule has 1 aliphatic heterocycles. The zero-order chi connectivity index (χ0) is 18.2. The van der Waals surface area contributed by atoms with Gasteiger partial charge in [-0.1, -0.05) is 25.0 Å². The lowest BCUT2D eigenvalue weighted by Gasteiger charge is -2.21. The molecule has 1 aromatic rings. The molecule has 1 atom stereocenters. The highest BCUT2D eigenvalue weighted by molar-refractivity contribution is 14.0. The van der Waals surface area contributed by atoms with Crippen LogP contribution >= 0.6 is 24.0 Å². The molecule has 1 aliphatic carbocycles. The molecule has 3 N–H and O–H groups in total. The van der Waals surface area contributed by atoms with Crippen molar-refractivity contribution in [1.29, 1.82) is 0 Å². The minimum atomic E-state index is 0. The summed E-state index contributed by atoms with van der Waals surface area (Å²) in [5.41, 5.74) is 1.12. The summed E-state index contributed by atoms with van der Waals surface area (Å²) in [6.07, 6.45) is 7.74. The predicted molar refractivity (Wildman–Crippen MR) is 123 cm³/mol. The second-order valence-electron chi connectivity index (χ2n) is 7.72. The molecule has 1 heterocycles. The number of phenolic OH excluding ortho intramolecular Hbond substituents is 1. The molecular weight excluding hydrogens is 451 g/mol. The topological polar surface area (TPSA) is 59.9 Å². The molecule has 0 bridgehead atoms. The highest BCUT2D eigenvalue weighted by Crippen LogP contribution is 2.26. The number of hydrogen-bond acceptors (Lipinski definition) is 3. The second-order valence-corrected chi connectivity index (χ2v) is 7.72. The van der Waals surface area contributed by atoms with Gasteiger partial charge in [-0.15, -0.1) is 24.0 Å². The SMILES string of the molecule is CCNC(=NCCc1cccc(O)c1)NC1CCN(CC2CCCC2)C1.I. The fourth-order valence-corrected chi connectivity index (χ4v) is 4.20. The predicted octanol–water partition coefficient (Wildman–Crippen LogP) is 3.37. The van der Waals surface area contributed by atoms with Crippen molar-refractivity contribution in [3.05, 3.63) is 29.8 Å². The molecule has 3 rings (SSSR count). The molecule has 0 aromatic heterocycles. The van der Waals surface area contributed by atoms with Gasteiger partial charge in [0.05, 0.1) is 0 Å². The van der Waals surface area contributed by atoms with E-state index in [1.54, 1.807) is 6.07 Å². The Kier molecular flexibility index (Phi) is 9.68. The average molecular weight is 486 g/mol. The van der Waals surface area contributed by atoms with E-state index in [1.807, 2.05) is 18.2 Å². The van der Waals surface area contributed by atoms with Crippen molar-refractivity contribution < 1.29 is 5.11 Å². The van der Waals surface area contributed by atoms with E-state index < -0.39 is 0 Å². The van der Waals surface area contributed by atoms with Gasteiger partial charge in [0.2, 0.25) is 0 Å². The third kappa shape index (κ3) is 7.49. The number of benzene rings is 1. The normalized spacial score (nSPS) is 21.2. The fraction of sp³-hybridized carbons (Fsp3) is 0.667. The first kappa shape index (κ1) is 22.3. The molecule has 0 spiro atoms. The van der Waals surface area contributed by atoms with Crippen molar-refractivity contribution >= 4 is 29.9 Å². The number of aromatic hydroxyl groups is 1. The van der Waals surface area contributed by atoms with Gasteiger partial charge in [-0.05, 0) is 56.2 Å². The summed E-state index contributed by atoms with van der Waals surface area (Å²) in [5.74, 6) is 2.17. The largest absolute Gasteiger partial charge is 0.508 e. The van der Waals surface area contributed by atoms with Crippen LogP contribution in [-0.2, 0) is 6.42 Å². The summed E-state index contributed by atoms with van der Waals surface area (Å²) < 4.78 is 0. The van der Waals surface area contributed by atoms with Crippen molar-refractivity contribution in [3.63, 3.8) is 0 Å². The van der Waals surface area contributed by atoms with E-state index >= 15 is 0 Å². The van der Waals surface area contributed by atoms with Crippen LogP contribution in [0.3, 0.4) is 0 Å². The molecule has 1 aromatic carbocycles. The van der Waals surface area contributed by atoms with Crippen LogP contribution in [0.15, 0.2) is 29.3 Å². The number of nitrogens with zero attached hydrogens (tertiary/aromatic N) is 2. The highest BCUT2D eigenvalue weighted by atomic mass is 127. The maximum absolute atomic E-state index is 9.56. The van der Waals surface area contributed by atoms with E-state index in [0.717, 1.165) is 43.5 Å². The molecule has 1 unspecified atom stereocenters. The molecule has 152 valence electrons. The van der Waals surface area contributed by atoms with Crippen LogP contribution in [0.5, 0.6) is 5.75 Å². The molecule has 6 heteroatoms. The number of halogens is 1. The number of likely N-dealkylation sites (tertiary alicyclic amines) is 1.